The van der Waals surface area contributed by atoms with E-state index in [2.05, 4.69) is 0 Å². The van der Waals surface area contributed by atoms with Crippen LogP contribution in [0, 0.1) is 17.0 Å². The Kier molecular flexibility index (Phi) is 4.55. The molecule has 0 heterocycles. The summed E-state index contributed by atoms with van der Waals surface area (Å²) in [5.74, 6) is 1.03. The van der Waals surface area contributed by atoms with Crippen LogP contribution in [0.3, 0.4) is 0 Å². The highest BCUT2D eigenvalue weighted by molar-refractivity contribution is 5.49. The van der Waals surface area contributed by atoms with Crippen molar-refractivity contribution in [3.63, 3.8) is 0 Å². The maximum Gasteiger partial charge on any atom is 0.276 e. The van der Waals surface area contributed by atoms with Crippen molar-refractivity contribution in [2.24, 2.45) is 0 Å². The molecule has 0 fully saturated rings. The number of hydrogen-bond acceptors (Lipinski definition) is 4. The molecular weight excluding hydrogens is 270 g/mol. The summed E-state index contributed by atoms with van der Waals surface area (Å²) in [6, 6.07) is 11.8. The highest BCUT2D eigenvalue weighted by Crippen LogP contribution is 2.31. The van der Waals surface area contributed by atoms with Crippen molar-refractivity contribution in [1.82, 2.24) is 0 Å². The normalized spacial score (nSPS) is 12.0. The average molecular weight is 287 g/mol. The lowest BCUT2D eigenvalue weighted by atomic mass is 10.1. The third-order valence-electron chi connectivity index (χ3n) is 3.33. The van der Waals surface area contributed by atoms with E-state index in [0.29, 0.717) is 23.5 Å². The second-order valence-corrected chi connectivity index (χ2v) is 4.75. The van der Waals surface area contributed by atoms with E-state index >= 15 is 0 Å². The highest BCUT2D eigenvalue weighted by atomic mass is 16.6. The highest BCUT2D eigenvalue weighted by Gasteiger charge is 2.14. The van der Waals surface area contributed by atoms with Crippen LogP contribution in [0.2, 0.25) is 0 Å². The molecule has 0 aliphatic rings. The zero-order valence-corrected chi connectivity index (χ0v) is 11.9. The van der Waals surface area contributed by atoms with Crippen LogP contribution in [-0.2, 0) is 0 Å². The smallest absolute Gasteiger partial charge is 0.276 e. The van der Waals surface area contributed by atoms with Gasteiger partial charge in [0.25, 0.3) is 5.69 Å². The molecule has 2 aromatic carbocycles. The van der Waals surface area contributed by atoms with E-state index in [-0.39, 0.29) is 5.69 Å². The SMILES string of the molecule is CCC(O)c1ccc(Oc2cccc([N+](=O)[O-])c2C)cc1. The van der Waals surface area contributed by atoms with Gasteiger partial charge in [-0.15, -0.1) is 0 Å². The van der Waals surface area contributed by atoms with Gasteiger partial charge < -0.3 is 9.84 Å². The molecule has 0 spiro atoms. The second kappa shape index (κ2) is 6.37. The van der Waals surface area contributed by atoms with Crippen molar-refractivity contribution in [2.45, 2.75) is 26.4 Å². The molecule has 1 N–H and O–H groups in total. The first kappa shape index (κ1) is 15.0. The fourth-order valence-electron chi connectivity index (χ4n) is 2.03. The molecule has 0 saturated heterocycles. The summed E-state index contributed by atoms with van der Waals surface area (Å²) in [4.78, 5) is 10.5. The van der Waals surface area contributed by atoms with Gasteiger partial charge in [0.2, 0.25) is 0 Å². The Bertz CT molecular complexity index is 637. The Morgan fingerprint density at radius 3 is 2.48 bits per heavy atom. The summed E-state index contributed by atoms with van der Waals surface area (Å²) in [5.41, 5.74) is 1.34. The standard InChI is InChI=1S/C16H17NO4/c1-3-15(18)12-7-9-13(10-8-12)21-16-6-4-5-14(11(16)2)17(19)20/h4-10,15,18H,3H2,1-2H3. The predicted octanol–water partition coefficient (Wildman–Crippen LogP) is 4.14. The number of nitrogens with zero attached hydrogens (tertiary/aromatic N) is 1. The molecule has 2 aromatic rings. The van der Waals surface area contributed by atoms with Crippen LogP contribution in [0.4, 0.5) is 5.69 Å². The molecule has 0 saturated carbocycles. The van der Waals surface area contributed by atoms with Gasteiger partial charge in [0, 0.05) is 6.07 Å². The first-order valence-electron chi connectivity index (χ1n) is 6.72. The Hall–Kier alpha value is -2.40. The van der Waals surface area contributed by atoms with Crippen molar-refractivity contribution in [3.8, 4) is 11.5 Å². The summed E-state index contributed by atoms with van der Waals surface area (Å²) in [6.07, 6.45) is 0.156. The van der Waals surface area contributed by atoms with Crippen molar-refractivity contribution in [2.75, 3.05) is 0 Å². The van der Waals surface area contributed by atoms with Gasteiger partial charge in [-0.3, -0.25) is 10.1 Å². The number of nitro benzene ring substituents is 1. The number of hydrogen-bond donors (Lipinski definition) is 1. The largest absolute Gasteiger partial charge is 0.457 e. The zero-order valence-electron chi connectivity index (χ0n) is 11.9. The van der Waals surface area contributed by atoms with E-state index in [1.54, 1.807) is 43.3 Å². The molecule has 0 aliphatic carbocycles. The number of benzene rings is 2. The number of ether oxygens (including phenoxy) is 1. The quantitative estimate of drug-likeness (QED) is 0.662. The number of rotatable bonds is 5. The molecule has 1 atom stereocenters. The van der Waals surface area contributed by atoms with Crippen molar-refractivity contribution in [1.29, 1.82) is 0 Å². The van der Waals surface area contributed by atoms with Crippen LogP contribution in [0.1, 0.15) is 30.6 Å². The van der Waals surface area contributed by atoms with Crippen molar-refractivity contribution >= 4 is 5.69 Å². The van der Waals surface area contributed by atoms with Crippen LogP contribution >= 0.6 is 0 Å². The van der Waals surface area contributed by atoms with Gasteiger partial charge in [0.15, 0.2) is 0 Å². The van der Waals surface area contributed by atoms with Crippen LogP contribution in [0.15, 0.2) is 42.5 Å². The molecule has 110 valence electrons. The molecule has 2 rings (SSSR count). The molecule has 21 heavy (non-hydrogen) atoms. The molecule has 0 radical (unpaired) electrons. The third kappa shape index (κ3) is 3.38. The van der Waals surface area contributed by atoms with Crippen LogP contribution < -0.4 is 4.74 Å². The maximum absolute atomic E-state index is 10.9. The molecule has 0 bridgehead atoms. The lowest BCUT2D eigenvalue weighted by Gasteiger charge is -2.11. The summed E-state index contributed by atoms with van der Waals surface area (Å²) < 4.78 is 5.68. The summed E-state index contributed by atoms with van der Waals surface area (Å²) in [5, 5.41) is 20.6. The van der Waals surface area contributed by atoms with Gasteiger partial charge in [-0.05, 0) is 37.1 Å². The third-order valence-corrected chi connectivity index (χ3v) is 3.33. The first-order chi connectivity index (χ1) is 10.0. The zero-order chi connectivity index (χ0) is 15.4. The van der Waals surface area contributed by atoms with E-state index in [1.165, 1.54) is 6.07 Å². The average Bonchev–Trinajstić information content (AvgIpc) is 2.49. The molecule has 5 nitrogen and oxygen atoms in total. The minimum atomic E-state index is -0.487. The van der Waals surface area contributed by atoms with Gasteiger partial charge in [-0.1, -0.05) is 25.1 Å². The van der Waals surface area contributed by atoms with Gasteiger partial charge in [0.05, 0.1) is 16.6 Å². The Labute approximate surface area is 123 Å². The maximum atomic E-state index is 10.9. The summed E-state index contributed by atoms with van der Waals surface area (Å²) in [6.45, 7) is 3.56. The second-order valence-electron chi connectivity index (χ2n) is 4.75. The van der Waals surface area contributed by atoms with Gasteiger partial charge in [0.1, 0.15) is 11.5 Å². The topological polar surface area (TPSA) is 72.6 Å². The van der Waals surface area contributed by atoms with E-state index in [9.17, 15) is 15.2 Å². The Morgan fingerprint density at radius 1 is 1.24 bits per heavy atom. The fourth-order valence-corrected chi connectivity index (χ4v) is 2.03. The minimum absolute atomic E-state index is 0.0329. The Balaban J connectivity index is 2.22. The molecular formula is C16H17NO4. The minimum Gasteiger partial charge on any atom is -0.457 e. The molecule has 0 amide bonds. The molecule has 1 unspecified atom stereocenters. The number of nitro groups is 1. The van der Waals surface area contributed by atoms with Crippen LogP contribution in [-0.4, -0.2) is 10.0 Å². The summed E-state index contributed by atoms with van der Waals surface area (Å²) >= 11 is 0. The lowest BCUT2D eigenvalue weighted by molar-refractivity contribution is -0.385. The molecule has 0 aromatic heterocycles. The van der Waals surface area contributed by atoms with E-state index in [4.69, 9.17) is 4.74 Å². The van der Waals surface area contributed by atoms with Gasteiger partial charge in [-0.25, -0.2) is 0 Å². The van der Waals surface area contributed by atoms with E-state index in [0.717, 1.165) is 5.56 Å². The van der Waals surface area contributed by atoms with E-state index < -0.39 is 11.0 Å². The number of aliphatic hydroxyl groups is 1. The van der Waals surface area contributed by atoms with Crippen molar-refractivity contribution < 1.29 is 14.8 Å². The predicted molar refractivity (Wildman–Crippen MR) is 79.6 cm³/mol. The van der Waals surface area contributed by atoms with Crippen LogP contribution in [0.25, 0.3) is 0 Å². The fraction of sp³-hybridized carbons (Fsp3) is 0.250. The lowest BCUT2D eigenvalue weighted by Crippen LogP contribution is -1.96. The summed E-state index contributed by atoms with van der Waals surface area (Å²) in [7, 11) is 0. The van der Waals surface area contributed by atoms with Gasteiger partial charge >= 0.3 is 0 Å². The van der Waals surface area contributed by atoms with E-state index in [1.807, 2.05) is 6.92 Å². The van der Waals surface area contributed by atoms with Crippen molar-refractivity contribution in [3.05, 3.63) is 63.7 Å². The van der Waals surface area contributed by atoms with Crippen LogP contribution in [0.5, 0.6) is 11.5 Å². The Morgan fingerprint density at radius 2 is 1.90 bits per heavy atom. The first-order valence-corrected chi connectivity index (χ1v) is 6.72. The molecule has 5 heteroatoms. The monoisotopic (exact) mass is 287 g/mol. The number of aliphatic hydroxyl groups excluding tert-OH is 1. The van der Waals surface area contributed by atoms with Gasteiger partial charge in [-0.2, -0.15) is 0 Å². The molecule has 0 aliphatic heterocycles.